The Hall–Kier alpha value is -2.54. The first-order chi connectivity index (χ1) is 12.2. The molecule has 0 aliphatic heterocycles. The minimum atomic E-state index is -3.36. The van der Waals surface area contributed by atoms with Gasteiger partial charge in [0.25, 0.3) is 5.91 Å². The highest BCUT2D eigenvalue weighted by Crippen LogP contribution is 2.20. The van der Waals surface area contributed by atoms with E-state index in [4.69, 9.17) is 4.74 Å². The average Bonchev–Trinajstić information content (AvgIpc) is 2.56. The number of sulfonamides is 1. The van der Waals surface area contributed by atoms with E-state index in [0.717, 1.165) is 17.6 Å². The SMILES string of the molecule is CCOc1ccc(C(C)NC(=O)c2ccc(NS(C)(=O)=O)c(C)c2)cc1. The number of hydrogen-bond acceptors (Lipinski definition) is 4. The zero-order chi connectivity index (χ0) is 19.3. The van der Waals surface area contributed by atoms with Crippen LogP contribution in [0.25, 0.3) is 0 Å². The van der Waals surface area contributed by atoms with Crippen molar-refractivity contribution in [3.05, 3.63) is 59.2 Å². The highest BCUT2D eigenvalue weighted by Gasteiger charge is 2.13. The van der Waals surface area contributed by atoms with E-state index in [2.05, 4.69) is 10.0 Å². The normalized spacial score (nSPS) is 12.3. The van der Waals surface area contributed by atoms with E-state index in [1.54, 1.807) is 25.1 Å². The van der Waals surface area contributed by atoms with E-state index < -0.39 is 10.0 Å². The van der Waals surface area contributed by atoms with E-state index in [9.17, 15) is 13.2 Å². The lowest BCUT2D eigenvalue weighted by Gasteiger charge is -2.16. The molecule has 1 atom stereocenters. The molecule has 26 heavy (non-hydrogen) atoms. The van der Waals surface area contributed by atoms with Crippen LogP contribution in [0.2, 0.25) is 0 Å². The molecule has 0 saturated heterocycles. The maximum absolute atomic E-state index is 12.5. The number of aryl methyl sites for hydroxylation is 1. The van der Waals surface area contributed by atoms with Crippen LogP contribution in [-0.4, -0.2) is 27.2 Å². The van der Waals surface area contributed by atoms with Gasteiger partial charge in [0, 0.05) is 5.56 Å². The van der Waals surface area contributed by atoms with Crippen LogP contribution in [0.5, 0.6) is 5.75 Å². The average molecular weight is 376 g/mol. The molecule has 0 saturated carbocycles. The summed E-state index contributed by atoms with van der Waals surface area (Å²) in [5.41, 5.74) is 2.58. The molecular formula is C19H24N2O4S. The number of carbonyl (C=O) groups excluding carboxylic acids is 1. The quantitative estimate of drug-likeness (QED) is 0.777. The van der Waals surface area contributed by atoms with Crippen molar-refractivity contribution < 1.29 is 17.9 Å². The Morgan fingerprint density at radius 3 is 2.35 bits per heavy atom. The Bertz CT molecular complexity index is 877. The summed E-state index contributed by atoms with van der Waals surface area (Å²) in [6.45, 7) is 6.19. The van der Waals surface area contributed by atoms with Gasteiger partial charge >= 0.3 is 0 Å². The molecule has 1 amide bonds. The van der Waals surface area contributed by atoms with E-state index in [-0.39, 0.29) is 11.9 Å². The number of ether oxygens (including phenoxy) is 1. The lowest BCUT2D eigenvalue weighted by Crippen LogP contribution is -2.26. The number of hydrogen-bond donors (Lipinski definition) is 2. The molecule has 0 fully saturated rings. The van der Waals surface area contributed by atoms with Crippen LogP contribution in [0.1, 0.15) is 41.4 Å². The lowest BCUT2D eigenvalue weighted by atomic mass is 10.1. The molecule has 2 rings (SSSR count). The van der Waals surface area contributed by atoms with Crippen molar-refractivity contribution in [2.24, 2.45) is 0 Å². The molecule has 7 heteroatoms. The molecule has 0 aliphatic rings. The van der Waals surface area contributed by atoms with Crippen LogP contribution >= 0.6 is 0 Å². The van der Waals surface area contributed by atoms with Gasteiger partial charge in [-0.05, 0) is 62.2 Å². The highest BCUT2D eigenvalue weighted by atomic mass is 32.2. The third-order valence-electron chi connectivity index (χ3n) is 3.82. The second-order valence-electron chi connectivity index (χ2n) is 6.10. The van der Waals surface area contributed by atoms with Gasteiger partial charge in [0.05, 0.1) is 24.6 Å². The minimum absolute atomic E-state index is 0.174. The predicted octanol–water partition coefficient (Wildman–Crippen LogP) is 3.26. The summed E-state index contributed by atoms with van der Waals surface area (Å²) in [5, 5.41) is 2.94. The molecule has 1 unspecified atom stereocenters. The Kier molecular flexibility index (Phi) is 6.26. The smallest absolute Gasteiger partial charge is 0.251 e. The zero-order valence-corrected chi connectivity index (χ0v) is 16.2. The standard InChI is InChI=1S/C19H24N2O4S/c1-5-25-17-9-6-15(7-10-17)14(3)20-19(22)16-8-11-18(13(2)12-16)21-26(4,23)24/h6-12,14,21H,5H2,1-4H3,(H,20,22). The fraction of sp³-hybridized carbons (Fsp3) is 0.316. The fourth-order valence-corrected chi connectivity index (χ4v) is 3.13. The van der Waals surface area contributed by atoms with E-state index >= 15 is 0 Å². The number of amides is 1. The number of anilines is 1. The summed E-state index contributed by atoms with van der Waals surface area (Å²) in [5.74, 6) is 0.569. The van der Waals surface area contributed by atoms with Gasteiger partial charge in [0.1, 0.15) is 5.75 Å². The topological polar surface area (TPSA) is 84.5 Å². The van der Waals surface area contributed by atoms with Crippen molar-refractivity contribution in [1.29, 1.82) is 0 Å². The lowest BCUT2D eigenvalue weighted by molar-refractivity contribution is 0.0940. The van der Waals surface area contributed by atoms with Crippen LogP contribution in [0.3, 0.4) is 0 Å². The molecule has 0 heterocycles. The molecule has 0 aromatic heterocycles. The summed E-state index contributed by atoms with van der Waals surface area (Å²) < 4.78 is 30.5. The van der Waals surface area contributed by atoms with Crippen molar-refractivity contribution in [2.45, 2.75) is 26.8 Å². The molecule has 140 valence electrons. The number of carbonyl (C=O) groups is 1. The van der Waals surface area contributed by atoms with E-state index in [1.165, 1.54) is 0 Å². The Morgan fingerprint density at radius 2 is 1.81 bits per heavy atom. The van der Waals surface area contributed by atoms with Crippen molar-refractivity contribution >= 4 is 21.6 Å². The van der Waals surface area contributed by atoms with Crippen molar-refractivity contribution in [2.75, 3.05) is 17.6 Å². The number of rotatable bonds is 7. The van der Waals surface area contributed by atoms with Crippen molar-refractivity contribution in [1.82, 2.24) is 5.32 Å². The third-order valence-corrected chi connectivity index (χ3v) is 4.41. The van der Waals surface area contributed by atoms with Gasteiger partial charge in [-0.15, -0.1) is 0 Å². The van der Waals surface area contributed by atoms with Gasteiger partial charge < -0.3 is 10.1 Å². The summed E-state index contributed by atoms with van der Waals surface area (Å²) in [4.78, 5) is 12.5. The van der Waals surface area contributed by atoms with E-state index in [0.29, 0.717) is 23.4 Å². The third kappa shape index (κ3) is 5.49. The monoisotopic (exact) mass is 376 g/mol. The van der Waals surface area contributed by atoms with Crippen LogP contribution in [-0.2, 0) is 10.0 Å². The Morgan fingerprint density at radius 1 is 1.15 bits per heavy atom. The van der Waals surface area contributed by atoms with Crippen LogP contribution in [0, 0.1) is 6.92 Å². The highest BCUT2D eigenvalue weighted by molar-refractivity contribution is 7.92. The van der Waals surface area contributed by atoms with Gasteiger partial charge in [0.15, 0.2) is 0 Å². The maximum Gasteiger partial charge on any atom is 0.251 e. The second kappa shape index (κ2) is 8.23. The molecule has 6 nitrogen and oxygen atoms in total. The largest absolute Gasteiger partial charge is 0.494 e. The number of benzene rings is 2. The van der Waals surface area contributed by atoms with E-state index in [1.807, 2.05) is 38.1 Å². The van der Waals surface area contributed by atoms with Gasteiger partial charge in [0.2, 0.25) is 10.0 Å². The molecular weight excluding hydrogens is 352 g/mol. The molecule has 0 bridgehead atoms. The second-order valence-corrected chi connectivity index (χ2v) is 7.85. The first-order valence-electron chi connectivity index (χ1n) is 8.31. The van der Waals surface area contributed by atoms with Crippen molar-refractivity contribution in [3.63, 3.8) is 0 Å². The first kappa shape index (κ1) is 19.8. The molecule has 0 radical (unpaired) electrons. The van der Waals surface area contributed by atoms with Gasteiger partial charge in [-0.1, -0.05) is 12.1 Å². The predicted molar refractivity (Wildman–Crippen MR) is 103 cm³/mol. The van der Waals surface area contributed by atoms with Gasteiger partial charge in [-0.25, -0.2) is 8.42 Å². The summed E-state index contributed by atoms with van der Waals surface area (Å²) in [7, 11) is -3.36. The maximum atomic E-state index is 12.5. The van der Waals surface area contributed by atoms with Crippen LogP contribution in [0.4, 0.5) is 5.69 Å². The molecule has 2 aromatic rings. The summed E-state index contributed by atoms with van der Waals surface area (Å²) in [6.07, 6.45) is 1.09. The van der Waals surface area contributed by atoms with Crippen molar-refractivity contribution in [3.8, 4) is 5.75 Å². The Labute approximate surface area is 154 Å². The molecule has 0 spiro atoms. The Balaban J connectivity index is 2.08. The summed E-state index contributed by atoms with van der Waals surface area (Å²) in [6, 6.07) is 12.3. The zero-order valence-electron chi connectivity index (χ0n) is 15.4. The first-order valence-corrected chi connectivity index (χ1v) is 10.2. The number of nitrogens with one attached hydrogen (secondary N) is 2. The fourth-order valence-electron chi connectivity index (χ4n) is 2.50. The molecule has 2 N–H and O–H groups in total. The summed E-state index contributed by atoms with van der Waals surface area (Å²) >= 11 is 0. The molecule has 2 aromatic carbocycles. The van der Waals surface area contributed by atoms with Gasteiger partial charge in [-0.2, -0.15) is 0 Å². The molecule has 0 aliphatic carbocycles. The van der Waals surface area contributed by atoms with Crippen LogP contribution < -0.4 is 14.8 Å². The minimum Gasteiger partial charge on any atom is -0.494 e. The van der Waals surface area contributed by atoms with Crippen LogP contribution in [0.15, 0.2) is 42.5 Å². The van der Waals surface area contributed by atoms with Gasteiger partial charge in [-0.3, -0.25) is 9.52 Å².